The predicted octanol–water partition coefficient (Wildman–Crippen LogP) is -0.478. The van der Waals surface area contributed by atoms with Crippen LogP contribution in [0.2, 0.25) is 5.02 Å². The number of phenols is 4. The lowest BCUT2D eigenvalue weighted by Gasteiger charge is -2.40. The Morgan fingerprint density at radius 3 is 1.74 bits per heavy atom. The number of ether oxygens (including phenoxy) is 10. The predicted molar refractivity (Wildman–Crippen MR) is 396 cm³/mol. The van der Waals surface area contributed by atoms with Gasteiger partial charge in [0.15, 0.2) is 35.3 Å². The van der Waals surface area contributed by atoms with Crippen LogP contribution in [0.25, 0.3) is 11.1 Å². The number of fused-ring (bicyclic) bond motifs is 14. The zero-order valence-corrected chi connectivity index (χ0v) is 62.5. The Morgan fingerprint density at radius 2 is 1.10 bits per heavy atom. The average molecular weight is 1650 g/mol. The molecule has 0 aromatic heterocycles. The first-order valence-electron chi connectivity index (χ1n) is 36.6. The summed E-state index contributed by atoms with van der Waals surface area (Å²) in [5.41, 5.74) is 10.6. The monoisotopic (exact) mass is 1640 g/mol. The molecular formula is C78H81ClN8O30. The molecule has 38 nitrogen and oxygen atoms in total. The van der Waals surface area contributed by atoms with Gasteiger partial charge in [0.05, 0.1) is 37.6 Å². The number of benzene rings is 7. The van der Waals surface area contributed by atoms with Gasteiger partial charge in [0, 0.05) is 47.2 Å². The van der Waals surface area contributed by atoms with Crippen molar-refractivity contribution in [3.63, 3.8) is 0 Å². The summed E-state index contributed by atoms with van der Waals surface area (Å²) in [6.07, 6.45) is -26.5. The molecule has 17 bridgehead atoms. The molecule has 9 heterocycles. The molecule has 620 valence electrons. The third kappa shape index (κ3) is 16.4. The Balaban J connectivity index is 1.03. The van der Waals surface area contributed by atoms with E-state index in [2.05, 4.69) is 31.9 Å². The smallest absolute Gasteiger partial charge is 0.333 e. The number of rotatable bonds is 9. The summed E-state index contributed by atoms with van der Waals surface area (Å²) in [5.74, 6) is -15.1. The van der Waals surface area contributed by atoms with Crippen molar-refractivity contribution in [2.75, 3.05) is 20.3 Å². The molecule has 23 N–H and O–H groups in total. The molecule has 6 amide bonds. The van der Waals surface area contributed by atoms with Crippen molar-refractivity contribution in [3.8, 4) is 80.1 Å². The number of hydrogen-bond donors (Lipinski definition) is 21. The van der Waals surface area contributed by atoms with E-state index < -0.39 is 268 Å². The molecule has 0 aliphatic carbocycles. The average Bonchev–Trinajstić information content (AvgIpc) is 0.759. The molecule has 7 aromatic rings. The van der Waals surface area contributed by atoms with Crippen molar-refractivity contribution in [1.29, 1.82) is 0 Å². The summed E-state index contributed by atoms with van der Waals surface area (Å²) in [6, 6.07) is 6.73. The van der Waals surface area contributed by atoms with Gasteiger partial charge in [-0.3, -0.25) is 28.8 Å². The second kappa shape index (κ2) is 33.4. The fraction of sp³-hybridized carbons (Fsp3) is 0.372. The van der Waals surface area contributed by atoms with Crippen LogP contribution < -0.4 is 67.1 Å². The van der Waals surface area contributed by atoms with E-state index >= 15 is 24.0 Å². The lowest BCUT2D eigenvalue weighted by molar-refractivity contribution is -0.277. The van der Waals surface area contributed by atoms with E-state index in [-0.39, 0.29) is 58.1 Å². The van der Waals surface area contributed by atoms with Gasteiger partial charge >= 0.3 is 5.97 Å². The van der Waals surface area contributed by atoms with E-state index in [0.29, 0.717) is 5.56 Å². The minimum Gasteiger partial charge on any atom is -0.508 e. The van der Waals surface area contributed by atoms with Crippen LogP contribution in [0.1, 0.15) is 94.2 Å². The van der Waals surface area contributed by atoms with E-state index in [1.807, 2.05) is 0 Å². The number of carbonyl (C=O) groups is 7. The summed E-state index contributed by atoms with van der Waals surface area (Å²) in [4.78, 5) is 110. The number of amides is 6. The van der Waals surface area contributed by atoms with Crippen molar-refractivity contribution < 1.29 is 147 Å². The number of nitrogens with two attached hydrogens (primary N) is 2. The first kappa shape index (κ1) is 82.3. The van der Waals surface area contributed by atoms with Crippen LogP contribution in [0, 0.1) is 6.92 Å². The highest BCUT2D eigenvalue weighted by Gasteiger charge is 2.50. The van der Waals surface area contributed by atoms with Crippen LogP contribution >= 0.6 is 11.6 Å². The number of phenolic OH excluding ortho intramolecular Hbond substituents is 4. The first-order valence-corrected chi connectivity index (χ1v) is 37.0. The molecule has 16 rings (SSSR count). The fourth-order valence-electron chi connectivity index (χ4n) is 14.6. The van der Waals surface area contributed by atoms with Gasteiger partial charge < -0.3 is 157 Å². The molecule has 3 fully saturated rings. The van der Waals surface area contributed by atoms with Gasteiger partial charge in [0.2, 0.25) is 53.8 Å². The van der Waals surface area contributed by atoms with Gasteiger partial charge in [-0.1, -0.05) is 41.9 Å². The first-order chi connectivity index (χ1) is 55.8. The summed E-state index contributed by atoms with van der Waals surface area (Å²) in [5, 5.41) is 161. The van der Waals surface area contributed by atoms with Crippen LogP contribution in [0.5, 0.6) is 69.0 Å². The summed E-state index contributed by atoms with van der Waals surface area (Å²) in [7, 11) is 0.908. The summed E-state index contributed by atoms with van der Waals surface area (Å²) in [6.45, 7) is 0.918. The molecule has 0 spiro atoms. The lowest BCUT2D eigenvalue weighted by Crippen LogP contribution is -2.60. The molecule has 9 aliphatic heterocycles. The Labute approximate surface area is 667 Å². The number of aliphatic hydroxyl groups excluding tert-OH is 9. The fourth-order valence-corrected chi connectivity index (χ4v) is 14.9. The molecular weight excluding hydrogens is 1560 g/mol. The van der Waals surface area contributed by atoms with E-state index in [1.165, 1.54) is 80.6 Å². The van der Waals surface area contributed by atoms with Crippen LogP contribution in [0.3, 0.4) is 0 Å². The maximum absolute atomic E-state index is 16.7. The third-order valence-corrected chi connectivity index (χ3v) is 21.5. The van der Waals surface area contributed by atoms with E-state index in [1.54, 1.807) is 0 Å². The molecule has 3 saturated heterocycles. The lowest BCUT2D eigenvalue weighted by atomic mass is 9.89. The molecule has 39 heteroatoms. The van der Waals surface area contributed by atoms with Crippen LogP contribution in [-0.2, 0) is 63.7 Å². The standard InChI is InChI=1S/C78H81ClN8O30/c1-27-44(93)17-33-19-46(27)112-47-18-30(6-12-43(47)92)55(81)71(102)82-41-14-29-4-9-36(10-5-29)110-49-20-34-21-50(69(49)117-78-67(100)65(98)63(96)52(26-89)115-78)111-45-13-8-32(16-39(45)79)68(116-53-24-40(80)61(94)28(2)109-53)60-75(106)86-59(76(107)108-3)38-22-35(90)23-48(113-77-66(99)64(97)62(95)51(25-88)114-77)54(38)37-15-31(7-11-42(37)91)56(72(103)87-60)84-74(105)58(34)85-73(104)57(33)83-70(41)101/h4-13,15-23,28,40-41,51-53,55-68,77-78,88-100H,14,24-26,80-81H2,1-3H3,(H,82,102)(H,83,101)(H,84,105)(H,85,104)(H,86,106)(H,87,103)/t28-,40+,41?,51+,52+,53?,55?,56?,57?,58?,59?,60?,61-,62+,63+,64-,65-,66-,67+,68?,77+,78-/m0/s1. The highest BCUT2D eigenvalue weighted by atomic mass is 35.5. The van der Waals surface area contributed by atoms with Crippen molar-refractivity contribution in [1.82, 2.24) is 31.9 Å². The van der Waals surface area contributed by atoms with Crippen LogP contribution in [0.4, 0.5) is 0 Å². The zero-order chi connectivity index (χ0) is 83.6. The number of nitrogens with one attached hydrogen (secondary N) is 6. The molecule has 22 atom stereocenters. The van der Waals surface area contributed by atoms with Gasteiger partial charge in [-0.2, -0.15) is 0 Å². The van der Waals surface area contributed by atoms with Gasteiger partial charge in [0.1, 0.15) is 131 Å². The largest absolute Gasteiger partial charge is 0.508 e. The van der Waals surface area contributed by atoms with Gasteiger partial charge in [-0.05, 0) is 126 Å². The van der Waals surface area contributed by atoms with Crippen molar-refractivity contribution in [2.24, 2.45) is 11.5 Å². The number of esters is 1. The number of carbonyl (C=O) groups excluding carboxylic acids is 7. The second-order valence-electron chi connectivity index (χ2n) is 28.9. The Hall–Kier alpha value is -11.3. The van der Waals surface area contributed by atoms with Crippen LogP contribution in [0.15, 0.2) is 115 Å². The molecule has 117 heavy (non-hydrogen) atoms. The number of aromatic hydroxyl groups is 4. The summed E-state index contributed by atoms with van der Waals surface area (Å²) < 4.78 is 62.0. The van der Waals surface area contributed by atoms with Gasteiger partial charge in [-0.25, -0.2) is 4.79 Å². The molecule has 7 aromatic carbocycles. The Kier molecular flexibility index (Phi) is 23.5. The Morgan fingerprint density at radius 1 is 0.530 bits per heavy atom. The topological polar surface area (TPSA) is 599 Å². The van der Waals surface area contributed by atoms with E-state index in [4.69, 9.17) is 70.4 Å². The van der Waals surface area contributed by atoms with Crippen molar-refractivity contribution in [3.05, 3.63) is 165 Å². The maximum Gasteiger partial charge on any atom is 0.333 e. The highest BCUT2D eigenvalue weighted by molar-refractivity contribution is 6.32. The maximum atomic E-state index is 16.7. The molecule has 9 aliphatic rings. The second-order valence-corrected chi connectivity index (χ2v) is 29.3. The summed E-state index contributed by atoms with van der Waals surface area (Å²) >= 11 is 7.36. The van der Waals surface area contributed by atoms with Crippen molar-refractivity contribution in [2.45, 2.75) is 161 Å². The van der Waals surface area contributed by atoms with Crippen LogP contribution in [-0.4, -0.2) is 226 Å². The van der Waals surface area contributed by atoms with Crippen molar-refractivity contribution >= 4 is 53.0 Å². The number of hydrogen-bond acceptors (Lipinski definition) is 32. The minimum atomic E-state index is -2.38. The molecule has 0 saturated carbocycles. The van der Waals surface area contributed by atoms with E-state index in [0.717, 1.165) is 55.6 Å². The number of aliphatic hydroxyl groups is 9. The number of halogens is 1. The Bertz CT molecular complexity index is 5030. The van der Waals surface area contributed by atoms with Gasteiger partial charge in [0.25, 0.3) is 0 Å². The zero-order valence-electron chi connectivity index (χ0n) is 61.8. The SMILES string of the molecule is COC(=O)C1NC(=O)C2NC(=O)C(NC(=O)C3NC(=O)C4NC(=O)C(Cc5ccc(cc5)Oc5cc3cc(c5O[C@@H]3O[C@H](CO)[C@@H](O)[C@H](O)[C@H]3O)Oc3ccc(cc3Cl)C2OC2C[C@@H](N)[C@@H](O)[C@H](C)O2)NC(=O)C(N)c2ccc(O)c(c2)Oc2cc4cc(O)c2C)c2ccc(O)c(c2)-c2c(O[C@@H]3O[C@H](CO)[C@@H](O)[C@H](O)[C@@H]3O)cc(O)cc21. The van der Waals surface area contributed by atoms with Gasteiger partial charge in [-0.15, -0.1) is 0 Å². The minimum absolute atomic E-state index is 0.00887. The van der Waals surface area contributed by atoms with E-state index in [9.17, 15) is 76.0 Å². The normalized spacial score (nSPS) is 30.5. The highest BCUT2D eigenvalue weighted by Crippen LogP contribution is 2.51. The molecule has 9 unspecified atom stereocenters. The quantitative estimate of drug-likeness (QED) is 0.0812. The number of methoxy groups -OCH3 is 1. The molecule has 0 radical (unpaired) electrons. The third-order valence-electron chi connectivity index (χ3n) is 21.2.